The lowest BCUT2D eigenvalue weighted by Gasteiger charge is -2.20. The van der Waals surface area contributed by atoms with Gasteiger partial charge in [-0.2, -0.15) is 15.2 Å². The number of nitrogens with zero attached hydrogens (tertiary/aromatic N) is 5. The van der Waals surface area contributed by atoms with Gasteiger partial charge in [0.05, 0.1) is 29.0 Å². The van der Waals surface area contributed by atoms with Crippen molar-refractivity contribution in [2.75, 3.05) is 5.32 Å². The Hall–Kier alpha value is -2.64. The zero-order chi connectivity index (χ0) is 20.1. The van der Waals surface area contributed by atoms with Gasteiger partial charge in [-0.25, -0.2) is 4.68 Å². The molecular weight excluding hydrogens is 342 g/mol. The topological polar surface area (TPSA) is 93.4 Å². The maximum atomic E-state index is 12.5. The highest BCUT2D eigenvalue weighted by atomic mass is 16.1. The highest BCUT2D eigenvalue weighted by Gasteiger charge is 2.22. The Morgan fingerprint density at radius 2 is 1.81 bits per heavy atom. The van der Waals surface area contributed by atoms with Crippen molar-refractivity contribution in [2.24, 2.45) is 0 Å². The van der Waals surface area contributed by atoms with Gasteiger partial charge in [-0.05, 0) is 55.4 Å². The molecule has 146 valence electrons. The molecule has 1 atom stereocenters. The molecular formula is C19H29N7O. The third kappa shape index (κ3) is 3.61. The second-order valence-electron chi connectivity index (χ2n) is 9.03. The molecule has 8 nitrogen and oxygen atoms in total. The van der Waals surface area contributed by atoms with Gasteiger partial charge < -0.3 is 5.32 Å². The minimum Gasteiger partial charge on any atom is -0.349 e. The molecule has 0 aromatic carbocycles. The smallest absolute Gasteiger partial charge is 0.263 e. The van der Waals surface area contributed by atoms with Gasteiger partial charge in [-0.3, -0.25) is 14.5 Å². The summed E-state index contributed by atoms with van der Waals surface area (Å²) < 4.78 is 3.74. The first-order chi connectivity index (χ1) is 12.4. The SMILES string of the molecule is Cc1nn(C(C)(C)C)cc1C(C)Nc1nc2c(cnn2C(C)(C)C)c(=O)[nH]1. The zero-order valence-corrected chi connectivity index (χ0v) is 17.4. The average Bonchev–Trinajstić information content (AvgIpc) is 3.10. The summed E-state index contributed by atoms with van der Waals surface area (Å²) in [4.78, 5) is 19.9. The quantitative estimate of drug-likeness (QED) is 0.737. The highest BCUT2D eigenvalue weighted by molar-refractivity contribution is 5.74. The van der Waals surface area contributed by atoms with Crippen LogP contribution in [0.15, 0.2) is 17.2 Å². The lowest BCUT2D eigenvalue weighted by molar-refractivity contribution is 0.354. The van der Waals surface area contributed by atoms with Crippen molar-refractivity contribution in [3.8, 4) is 0 Å². The Kier molecular flexibility index (Phi) is 4.40. The van der Waals surface area contributed by atoms with Gasteiger partial charge in [-0.1, -0.05) is 0 Å². The minimum absolute atomic E-state index is 0.0623. The first-order valence-electron chi connectivity index (χ1n) is 9.19. The molecule has 0 spiro atoms. The number of anilines is 1. The number of fused-ring (bicyclic) bond motifs is 1. The van der Waals surface area contributed by atoms with E-state index in [1.54, 1.807) is 10.9 Å². The van der Waals surface area contributed by atoms with Crippen molar-refractivity contribution in [2.45, 2.75) is 72.5 Å². The maximum Gasteiger partial charge on any atom is 0.263 e. The molecule has 3 aromatic rings. The molecule has 0 aliphatic carbocycles. The number of aromatic nitrogens is 6. The van der Waals surface area contributed by atoms with Gasteiger partial charge in [0.15, 0.2) is 5.65 Å². The number of aromatic amines is 1. The lowest BCUT2D eigenvalue weighted by atomic mass is 10.1. The van der Waals surface area contributed by atoms with Crippen LogP contribution in [0.3, 0.4) is 0 Å². The molecule has 3 heterocycles. The standard InChI is InChI=1S/C19H29N7O/c1-11(14-10-25(18(3,4)5)24-12(14)2)21-17-22-15-13(16(27)23-17)9-20-26(15)19(6,7)8/h9-11H,1-8H3,(H2,21,22,23,27). The fourth-order valence-corrected chi connectivity index (χ4v) is 3.00. The number of aryl methyl sites for hydroxylation is 1. The zero-order valence-electron chi connectivity index (χ0n) is 17.4. The molecule has 8 heteroatoms. The Balaban J connectivity index is 1.97. The van der Waals surface area contributed by atoms with Gasteiger partial charge in [0, 0.05) is 11.8 Å². The summed E-state index contributed by atoms with van der Waals surface area (Å²) >= 11 is 0. The summed E-state index contributed by atoms with van der Waals surface area (Å²) in [6.07, 6.45) is 3.61. The van der Waals surface area contributed by atoms with E-state index in [0.29, 0.717) is 17.0 Å². The van der Waals surface area contributed by atoms with Crippen LogP contribution in [0.2, 0.25) is 0 Å². The molecule has 0 amide bonds. The van der Waals surface area contributed by atoms with E-state index in [0.717, 1.165) is 11.3 Å². The molecule has 3 rings (SSSR count). The second kappa shape index (κ2) is 6.21. The van der Waals surface area contributed by atoms with Crippen molar-refractivity contribution in [3.63, 3.8) is 0 Å². The van der Waals surface area contributed by atoms with E-state index in [2.05, 4.69) is 46.3 Å². The average molecular weight is 371 g/mol. The molecule has 0 aliphatic heterocycles. The Labute approximate surface area is 159 Å². The number of hydrogen-bond acceptors (Lipinski definition) is 5. The van der Waals surface area contributed by atoms with E-state index < -0.39 is 0 Å². The number of H-pyrrole nitrogens is 1. The van der Waals surface area contributed by atoms with Gasteiger partial charge in [-0.15, -0.1) is 0 Å². The molecule has 1 unspecified atom stereocenters. The van der Waals surface area contributed by atoms with Crippen LogP contribution in [-0.2, 0) is 11.1 Å². The van der Waals surface area contributed by atoms with E-state index in [4.69, 9.17) is 0 Å². The van der Waals surface area contributed by atoms with Crippen molar-refractivity contribution >= 4 is 17.0 Å². The molecule has 0 radical (unpaired) electrons. The monoisotopic (exact) mass is 371 g/mol. The Morgan fingerprint density at radius 3 is 2.37 bits per heavy atom. The first-order valence-corrected chi connectivity index (χ1v) is 9.19. The number of rotatable bonds is 3. The van der Waals surface area contributed by atoms with E-state index in [1.165, 1.54) is 0 Å². The third-order valence-corrected chi connectivity index (χ3v) is 4.52. The van der Waals surface area contributed by atoms with Gasteiger partial charge in [0.2, 0.25) is 5.95 Å². The van der Waals surface area contributed by atoms with Crippen LogP contribution in [-0.4, -0.2) is 29.5 Å². The van der Waals surface area contributed by atoms with Crippen LogP contribution in [0.4, 0.5) is 5.95 Å². The third-order valence-electron chi connectivity index (χ3n) is 4.52. The first kappa shape index (κ1) is 19.1. The van der Waals surface area contributed by atoms with Crippen LogP contribution < -0.4 is 10.9 Å². The van der Waals surface area contributed by atoms with Crippen LogP contribution in [0.25, 0.3) is 11.0 Å². The molecule has 2 N–H and O–H groups in total. The summed E-state index contributed by atoms with van der Waals surface area (Å²) in [5.74, 6) is 0.425. The molecule has 0 bridgehead atoms. The van der Waals surface area contributed by atoms with Crippen molar-refractivity contribution < 1.29 is 0 Å². The van der Waals surface area contributed by atoms with Crippen LogP contribution in [0.5, 0.6) is 0 Å². The van der Waals surface area contributed by atoms with E-state index in [9.17, 15) is 4.79 Å². The lowest BCUT2D eigenvalue weighted by Crippen LogP contribution is -2.24. The van der Waals surface area contributed by atoms with Crippen molar-refractivity contribution in [1.82, 2.24) is 29.5 Å². The molecule has 3 aromatic heterocycles. The van der Waals surface area contributed by atoms with Gasteiger partial charge >= 0.3 is 0 Å². The summed E-state index contributed by atoms with van der Waals surface area (Å²) in [7, 11) is 0. The van der Waals surface area contributed by atoms with Crippen molar-refractivity contribution in [1.29, 1.82) is 0 Å². The largest absolute Gasteiger partial charge is 0.349 e. The molecule has 0 fully saturated rings. The Morgan fingerprint density at radius 1 is 1.15 bits per heavy atom. The highest BCUT2D eigenvalue weighted by Crippen LogP contribution is 2.24. The summed E-state index contributed by atoms with van der Waals surface area (Å²) in [5.41, 5.74) is 2.03. The molecule has 0 aliphatic rings. The molecule has 0 saturated heterocycles. The van der Waals surface area contributed by atoms with E-state index >= 15 is 0 Å². The minimum atomic E-state index is -0.268. The number of hydrogen-bond donors (Lipinski definition) is 2. The summed E-state index contributed by atoms with van der Waals surface area (Å²) in [5, 5.41) is 12.8. The Bertz CT molecular complexity index is 1030. The fourth-order valence-electron chi connectivity index (χ4n) is 3.00. The normalized spacial score (nSPS) is 13.9. The van der Waals surface area contributed by atoms with E-state index in [-0.39, 0.29) is 22.7 Å². The maximum absolute atomic E-state index is 12.5. The number of nitrogens with one attached hydrogen (secondary N) is 2. The molecule has 0 saturated carbocycles. The van der Waals surface area contributed by atoms with Gasteiger partial charge in [0.1, 0.15) is 5.39 Å². The van der Waals surface area contributed by atoms with Crippen LogP contribution in [0.1, 0.15) is 65.8 Å². The summed E-state index contributed by atoms with van der Waals surface area (Å²) in [6.45, 7) is 16.4. The van der Waals surface area contributed by atoms with Crippen LogP contribution in [0, 0.1) is 6.92 Å². The molecule has 27 heavy (non-hydrogen) atoms. The predicted molar refractivity (Wildman–Crippen MR) is 107 cm³/mol. The van der Waals surface area contributed by atoms with E-state index in [1.807, 2.05) is 45.5 Å². The predicted octanol–water partition coefficient (Wildman–Crippen LogP) is 3.31. The second-order valence-corrected chi connectivity index (χ2v) is 9.03. The van der Waals surface area contributed by atoms with Crippen molar-refractivity contribution in [3.05, 3.63) is 34.0 Å². The van der Waals surface area contributed by atoms with Gasteiger partial charge in [0.25, 0.3) is 5.56 Å². The fraction of sp³-hybridized carbons (Fsp3) is 0.579. The van der Waals surface area contributed by atoms with Crippen LogP contribution >= 0.6 is 0 Å². The summed E-state index contributed by atoms with van der Waals surface area (Å²) in [6, 6.07) is -0.0623.